The number of nitrogens with two attached hydrogens (primary N) is 1. The molecular weight excluding hydrogens is 370 g/mol. The maximum absolute atomic E-state index is 12.2. The summed E-state index contributed by atoms with van der Waals surface area (Å²) in [5.41, 5.74) is 5.34. The van der Waals surface area contributed by atoms with Gasteiger partial charge in [0.2, 0.25) is 18.1 Å². The van der Waals surface area contributed by atoms with Crippen LogP contribution in [0.1, 0.15) is 26.2 Å². The first kappa shape index (κ1) is 22.2. The van der Waals surface area contributed by atoms with Crippen LogP contribution < -0.4 is 16.4 Å². The van der Waals surface area contributed by atoms with E-state index in [1.54, 1.807) is 0 Å². The second kappa shape index (κ2) is 10.3. The summed E-state index contributed by atoms with van der Waals surface area (Å²) in [6.45, 7) is 1.54. The molecule has 26 heavy (non-hydrogen) atoms. The molecule has 0 aromatic carbocycles. The van der Waals surface area contributed by atoms with E-state index in [4.69, 9.17) is 10.8 Å². The molecule has 1 aliphatic rings. The number of rotatable bonds is 12. The molecule has 0 aromatic heterocycles. The summed E-state index contributed by atoms with van der Waals surface area (Å²) in [7, 11) is 0. The average Bonchev–Trinajstić information content (AvgIpc) is 3.41. The first-order chi connectivity index (χ1) is 12.2. The van der Waals surface area contributed by atoms with Crippen LogP contribution in [-0.4, -0.2) is 64.1 Å². The molecule has 0 radical (unpaired) electrons. The summed E-state index contributed by atoms with van der Waals surface area (Å²) in [5, 5.41) is 22.6. The summed E-state index contributed by atoms with van der Waals surface area (Å²) < 4.78 is 0. The van der Waals surface area contributed by atoms with Crippen molar-refractivity contribution >= 4 is 36.4 Å². The SMILES string of the molecule is C[C@H](C1OO1)[C@@H](NC(=O)[C@H](CS)NC(=O)CCC[C@H](N)C(=O)O)C(=O)O. The standard InChI is InChI=1S/C14H23N3O8S/c1-6(14-24-25-14)10(13(22)23)17-11(19)8(5-26)16-9(18)4-2-3-7(15)12(20)21/h6-8,10,14,26H,2-5,15H2,1H3,(H,16,18)(H,17,19)(H,20,21)(H,22,23)/t6-,7-,8-,10+/m0/s1. The smallest absolute Gasteiger partial charge is 0.326 e. The van der Waals surface area contributed by atoms with Gasteiger partial charge in [-0.2, -0.15) is 22.4 Å². The third kappa shape index (κ3) is 7.15. The van der Waals surface area contributed by atoms with Crippen LogP contribution in [0.15, 0.2) is 0 Å². The summed E-state index contributed by atoms with van der Waals surface area (Å²) >= 11 is 3.99. The Kier molecular flexibility index (Phi) is 8.78. The highest BCUT2D eigenvalue weighted by Gasteiger charge is 2.42. The van der Waals surface area contributed by atoms with Crippen molar-refractivity contribution in [2.75, 3.05) is 5.75 Å². The van der Waals surface area contributed by atoms with Crippen LogP contribution in [0.4, 0.5) is 0 Å². The highest BCUT2D eigenvalue weighted by molar-refractivity contribution is 7.80. The van der Waals surface area contributed by atoms with Gasteiger partial charge >= 0.3 is 11.9 Å². The maximum Gasteiger partial charge on any atom is 0.326 e. The minimum Gasteiger partial charge on any atom is -0.480 e. The van der Waals surface area contributed by atoms with Gasteiger partial charge in [-0.15, -0.1) is 0 Å². The molecule has 148 valence electrons. The van der Waals surface area contributed by atoms with Crippen molar-refractivity contribution in [2.24, 2.45) is 11.7 Å². The molecule has 0 saturated carbocycles. The number of nitrogens with one attached hydrogen (secondary N) is 2. The molecule has 12 heteroatoms. The quantitative estimate of drug-likeness (QED) is 0.130. The minimum absolute atomic E-state index is 0.0267. The van der Waals surface area contributed by atoms with Crippen LogP contribution in [0, 0.1) is 5.92 Å². The Bertz CT molecular complexity index is 542. The number of thiol groups is 1. The summed E-state index contributed by atoms with van der Waals surface area (Å²) in [6, 6.07) is -3.37. The van der Waals surface area contributed by atoms with E-state index < -0.39 is 54.1 Å². The Morgan fingerprint density at radius 3 is 2.23 bits per heavy atom. The minimum atomic E-state index is -1.27. The van der Waals surface area contributed by atoms with Crippen LogP contribution in [-0.2, 0) is 29.0 Å². The lowest BCUT2D eigenvalue weighted by atomic mass is 10.0. The number of carboxylic acid groups (broad SMARTS) is 2. The van der Waals surface area contributed by atoms with Crippen molar-refractivity contribution in [2.45, 2.75) is 50.6 Å². The van der Waals surface area contributed by atoms with Gasteiger partial charge in [-0.3, -0.25) is 14.4 Å². The van der Waals surface area contributed by atoms with E-state index >= 15 is 0 Å². The van der Waals surface area contributed by atoms with Gasteiger partial charge in [-0.05, 0) is 12.8 Å². The van der Waals surface area contributed by atoms with Crippen LogP contribution in [0.2, 0.25) is 0 Å². The molecule has 0 bridgehead atoms. The number of amides is 2. The van der Waals surface area contributed by atoms with Crippen LogP contribution in [0.25, 0.3) is 0 Å². The Hall–Kier alpha value is -1.89. The lowest BCUT2D eigenvalue weighted by Gasteiger charge is -2.22. The molecule has 1 heterocycles. The Balaban J connectivity index is 2.49. The predicted molar refractivity (Wildman–Crippen MR) is 89.9 cm³/mol. The van der Waals surface area contributed by atoms with Crippen molar-refractivity contribution in [3.63, 3.8) is 0 Å². The largest absolute Gasteiger partial charge is 0.480 e. The summed E-state index contributed by atoms with van der Waals surface area (Å²) in [5.74, 6) is -4.32. The highest BCUT2D eigenvalue weighted by Crippen LogP contribution is 2.25. The van der Waals surface area contributed by atoms with E-state index in [0.29, 0.717) is 0 Å². The van der Waals surface area contributed by atoms with Crippen molar-refractivity contribution in [3.05, 3.63) is 0 Å². The van der Waals surface area contributed by atoms with Crippen molar-refractivity contribution in [3.8, 4) is 0 Å². The van der Waals surface area contributed by atoms with E-state index in [1.807, 2.05) is 0 Å². The van der Waals surface area contributed by atoms with E-state index in [9.17, 15) is 24.3 Å². The van der Waals surface area contributed by atoms with Crippen molar-refractivity contribution < 1.29 is 39.2 Å². The van der Waals surface area contributed by atoms with Gasteiger partial charge in [0.25, 0.3) is 0 Å². The molecule has 2 amide bonds. The van der Waals surface area contributed by atoms with E-state index in [2.05, 4.69) is 33.0 Å². The zero-order valence-electron chi connectivity index (χ0n) is 14.1. The molecule has 6 N–H and O–H groups in total. The number of hydrogen-bond donors (Lipinski definition) is 6. The van der Waals surface area contributed by atoms with E-state index in [0.717, 1.165) is 0 Å². The Morgan fingerprint density at radius 1 is 1.15 bits per heavy atom. The summed E-state index contributed by atoms with van der Waals surface area (Å²) in [4.78, 5) is 55.1. The molecule has 1 aliphatic heterocycles. The molecule has 0 aromatic rings. The second-order valence-corrected chi connectivity index (χ2v) is 6.25. The zero-order valence-corrected chi connectivity index (χ0v) is 15.0. The average molecular weight is 393 g/mol. The fraction of sp³-hybridized carbons (Fsp3) is 0.714. The topological polar surface area (TPSA) is 184 Å². The third-order valence-electron chi connectivity index (χ3n) is 3.80. The molecule has 11 nitrogen and oxygen atoms in total. The van der Waals surface area contributed by atoms with Crippen LogP contribution >= 0.6 is 12.6 Å². The number of aliphatic carboxylic acids is 2. The molecule has 4 atom stereocenters. The first-order valence-corrected chi connectivity index (χ1v) is 8.54. The van der Waals surface area contributed by atoms with Crippen LogP contribution in [0.3, 0.4) is 0 Å². The fourth-order valence-corrected chi connectivity index (χ4v) is 2.36. The molecule has 1 rings (SSSR count). The number of carboxylic acids is 2. The van der Waals surface area contributed by atoms with Crippen LogP contribution in [0.5, 0.6) is 0 Å². The Morgan fingerprint density at radius 2 is 1.77 bits per heavy atom. The second-order valence-electron chi connectivity index (χ2n) is 5.88. The van der Waals surface area contributed by atoms with Crippen molar-refractivity contribution in [1.82, 2.24) is 10.6 Å². The summed E-state index contributed by atoms with van der Waals surface area (Å²) in [6.07, 6.45) is -0.397. The molecule has 1 saturated heterocycles. The van der Waals surface area contributed by atoms with Gasteiger partial charge in [0.1, 0.15) is 18.1 Å². The number of hydrogen-bond acceptors (Lipinski definition) is 8. The molecule has 0 unspecified atom stereocenters. The molecular formula is C14H23N3O8S. The third-order valence-corrected chi connectivity index (χ3v) is 4.16. The lowest BCUT2D eigenvalue weighted by molar-refractivity contribution is -0.144. The van der Waals surface area contributed by atoms with Gasteiger partial charge in [-0.25, -0.2) is 4.79 Å². The van der Waals surface area contributed by atoms with Gasteiger partial charge in [0, 0.05) is 18.1 Å². The molecule has 0 spiro atoms. The fourth-order valence-electron chi connectivity index (χ4n) is 2.10. The predicted octanol–water partition coefficient (Wildman–Crippen LogP) is -1.52. The molecule has 1 fully saturated rings. The highest BCUT2D eigenvalue weighted by atomic mass is 32.1. The van der Waals surface area contributed by atoms with Gasteiger partial charge in [0.05, 0.1) is 0 Å². The van der Waals surface area contributed by atoms with E-state index in [-0.39, 0.29) is 25.0 Å². The van der Waals surface area contributed by atoms with Gasteiger partial charge in [-0.1, -0.05) is 6.92 Å². The lowest BCUT2D eigenvalue weighted by Crippen LogP contribution is -2.54. The van der Waals surface area contributed by atoms with Crippen molar-refractivity contribution in [1.29, 1.82) is 0 Å². The number of carbonyl (C=O) groups excluding carboxylic acids is 2. The maximum atomic E-state index is 12.2. The number of carbonyl (C=O) groups is 4. The monoisotopic (exact) mass is 393 g/mol. The first-order valence-electron chi connectivity index (χ1n) is 7.91. The van der Waals surface area contributed by atoms with E-state index in [1.165, 1.54) is 6.92 Å². The normalized spacial score (nSPS) is 18.3. The van der Waals surface area contributed by atoms with Gasteiger partial charge < -0.3 is 26.6 Å². The van der Waals surface area contributed by atoms with Gasteiger partial charge in [0.15, 0.2) is 0 Å². The zero-order chi connectivity index (χ0) is 19.9. The molecule has 0 aliphatic carbocycles. The Labute approximate surface area is 154 Å².